The average molecular weight is 467 g/mol. The van der Waals surface area contributed by atoms with E-state index in [1.165, 1.54) is 11.3 Å². The molecule has 4 rings (SSSR count). The van der Waals surface area contributed by atoms with Gasteiger partial charge < -0.3 is 0 Å². The van der Waals surface area contributed by atoms with Crippen molar-refractivity contribution in [3.05, 3.63) is 71.6 Å². The summed E-state index contributed by atoms with van der Waals surface area (Å²) in [5.41, 5.74) is 5.52. The Hall–Kier alpha value is -2.81. The number of thiazole rings is 1. The summed E-state index contributed by atoms with van der Waals surface area (Å²) in [5, 5.41) is 6.72. The van der Waals surface area contributed by atoms with Crippen molar-refractivity contribution in [2.24, 2.45) is 5.10 Å². The largest absolute Gasteiger partial charge is 0.253 e. The molecule has 2 heterocycles. The number of rotatable bonds is 7. The summed E-state index contributed by atoms with van der Waals surface area (Å²) in [6.07, 6.45) is 9.50. The van der Waals surface area contributed by atoms with Gasteiger partial charge in [-0.25, -0.2) is 13.4 Å². The molecule has 1 saturated heterocycles. The maximum atomic E-state index is 13.1. The molecule has 166 valence electrons. The molecule has 0 bridgehead atoms. The van der Waals surface area contributed by atoms with Crippen LogP contribution in [0.4, 0.5) is 5.13 Å². The molecule has 0 aliphatic carbocycles. The predicted molar refractivity (Wildman–Crippen MR) is 132 cm³/mol. The molecule has 1 N–H and O–H groups in total. The van der Waals surface area contributed by atoms with Crippen LogP contribution in [0.25, 0.3) is 17.3 Å². The molecule has 3 aromatic rings. The molecule has 2 aromatic carbocycles. The molecule has 1 fully saturated rings. The van der Waals surface area contributed by atoms with Gasteiger partial charge in [-0.3, -0.25) is 5.43 Å². The fraction of sp³-hybridized carbons (Fsp3) is 0.250. The standard InChI is InChI=1S/C24H26N4O2S2/c29-32(30,28-16-6-1-2-7-17-28)22-14-8-13-21(18-22)23-19-31-24(26-23)27-25-15-9-12-20-10-4-3-5-11-20/h3-5,8-15,18-19H,1-2,6-7,16-17H2,(H,26,27). The Morgan fingerprint density at radius 2 is 1.78 bits per heavy atom. The molecule has 1 aliphatic rings. The fourth-order valence-corrected chi connectivity index (χ4v) is 5.79. The highest BCUT2D eigenvalue weighted by Gasteiger charge is 2.25. The van der Waals surface area contributed by atoms with E-state index in [0.29, 0.717) is 23.1 Å². The van der Waals surface area contributed by atoms with Gasteiger partial charge in [-0.05, 0) is 36.6 Å². The number of hydrogen-bond donors (Lipinski definition) is 1. The normalized spacial score (nSPS) is 15.9. The Bertz CT molecular complexity index is 1180. The van der Waals surface area contributed by atoms with E-state index in [2.05, 4.69) is 15.5 Å². The van der Waals surface area contributed by atoms with Crippen LogP contribution in [0.2, 0.25) is 0 Å². The molecule has 1 aliphatic heterocycles. The molecule has 0 saturated carbocycles. The summed E-state index contributed by atoms with van der Waals surface area (Å²) in [6.45, 7) is 1.18. The third-order valence-corrected chi connectivity index (χ3v) is 7.89. The number of anilines is 1. The maximum Gasteiger partial charge on any atom is 0.243 e. The second-order valence-corrected chi connectivity index (χ2v) is 10.3. The van der Waals surface area contributed by atoms with Gasteiger partial charge in [0.2, 0.25) is 15.2 Å². The van der Waals surface area contributed by atoms with Gasteiger partial charge in [0.05, 0.1) is 10.6 Å². The topological polar surface area (TPSA) is 74.7 Å². The van der Waals surface area contributed by atoms with Crippen LogP contribution in [0.1, 0.15) is 31.2 Å². The maximum absolute atomic E-state index is 13.1. The van der Waals surface area contributed by atoms with E-state index in [-0.39, 0.29) is 0 Å². The van der Waals surface area contributed by atoms with Gasteiger partial charge in [0.25, 0.3) is 0 Å². The second-order valence-electron chi connectivity index (χ2n) is 7.54. The van der Waals surface area contributed by atoms with Crippen molar-refractivity contribution in [1.29, 1.82) is 0 Å². The van der Waals surface area contributed by atoms with Gasteiger partial charge in [0.1, 0.15) is 0 Å². The molecule has 32 heavy (non-hydrogen) atoms. The van der Waals surface area contributed by atoms with Crippen LogP contribution >= 0.6 is 11.3 Å². The van der Waals surface area contributed by atoms with Crippen molar-refractivity contribution in [3.63, 3.8) is 0 Å². The Morgan fingerprint density at radius 3 is 2.56 bits per heavy atom. The first-order chi connectivity index (χ1) is 15.6. The van der Waals surface area contributed by atoms with Crippen LogP contribution in [-0.2, 0) is 10.0 Å². The number of aromatic nitrogens is 1. The first kappa shape index (κ1) is 22.4. The molecule has 6 nitrogen and oxygen atoms in total. The SMILES string of the molecule is O=S(=O)(c1cccc(-c2csc(NN=CC=Cc3ccccc3)n2)c1)N1CCCCCC1. The number of allylic oxidation sites excluding steroid dienone is 1. The minimum absolute atomic E-state index is 0.323. The number of nitrogens with one attached hydrogen (secondary N) is 1. The van der Waals surface area contributed by atoms with Gasteiger partial charge in [-0.2, -0.15) is 9.41 Å². The van der Waals surface area contributed by atoms with Crippen molar-refractivity contribution in [1.82, 2.24) is 9.29 Å². The minimum Gasteiger partial charge on any atom is -0.253 e. The van der Waals surface area contributed by atoms with E-state index < -0.39 is 10.0 Å². The minimum atomic E-state index is -3.49. The molecule has 8 heteroatoms. The van der Waals surface area contributed by atoms with E-state index in [4.69, 9.17) is 0 Å². The predicted octanol–water partition coefficient (Wildman–Crippen LogP) is 5.49. The summed E-state index contributed by atoms with van der Waals surface area (Å²) in [6, 6.07) is 17.0. The van der Waals surface area contributed by atoms with E-state index in [1.54, 1.807) is 28.7 Å². The molecule has 0 unspecified atom stereocenters. The van der Waals surface area contributed by atoms with Gasteiger partial charge in [0, 0.05) is 30.2 Å². The highest BCUT2D eigenvalue weighted by molar-refractivity contribution is 7.89. The van der Waals surface area contributed by atoms with Gasteiger partial charge in [-0.1, -0.05) is 61.4 Å². The summed E-state index contributed by atoms with van der Waals surface area (Å²) in [4.78, 5) is 4.87. The van der Waals surface area contributed by atoms with Gasteiger partial charge in [0.15, 0.2) is 0 Å². The molecular formula is C24H26N4O2S2. The summed E-state index contributed by atoms with van der Waals surface area (Å²) in [7, 11) is -3.49. The van der Waals surface area contributed by atoms with Crippen molar-refractivity contribution < 1.29 is 8.42 Å². The van der Waals surface area contributed by atoms with Gasteiger partial charge >= 0.3 is 0 Å². The van der Waals surface area contributed by atoms with Crippen LogP contribution in [0.15, 0.2) is 76.1 Å². The van der Waals surface area contributed by atoms with Crippen LogP contribution in [0.3, 0.4) is 0 Å². The zero-order valence-electron chi connectivity index (χ0n) is 17.7. The Balaban J connectivity index is 1.43. The zero-order valence-corrected chi connectivity index (χ0v) is 19.4. The van der Waals surface area contributed by atoms with Crippen molar-refractivity contribution in [3.8, 4) is 11.3 Å². The van der Waals surface area contributed by atoms with Crippen LogP contribution in [0, 0.1) is 0 Å². The third-order valence-electron chi connectivity index (χ3n) is 5.25. The lowest BCUT2D eigenvalue weighted by Crippen LogP contribution is -2.31. The van der Waals surface area contributed by atoms with Crippen molar-refractivity contribution >= 4 is 38.8 Å². The summed E-state index contributed by atoms with van der Waals surface area (Å²) >= 11 is 1.42. The molecule has 1 aromatic heterocycles. The lowest BCUT2D eigenvalue weighted by molar-refractivity contribution is 0.424. The second kappa shape index (κ2) is 10.7. The molecule has 0 atom stereocenters. The lowest BCUT2D eigenvalue weighted by atomic mass is 10.2. The summed E-state index contributed by atoms with van der Waals surface area (Å²) in [5.74, 6) is 0. The van der Waals surface area contributed by atoms with E-state index >= 15 is 0 Å². The first-order valence-electron chi connectivity index (χ1n) is 10.7. The lowest BCUT2D eigenvalue weighted by Gasteiger charge is -2.20. The Morgan fingerprint density at radius 1 is 1.00 bits per heavy atom. The Kier molecular flexibility index (Phi) is 7.47. The number of benzene rings is 2. The quantitative estimate of drug-likeness (QED) is 0.369. The zero-order chi connectivity index (χ0) is 22.2. The molecule has 0 radical (unpaired) electrons. The van der Waals surface area contributed by atoms with E-state index in [1.807, 2.05) is 53.9 Å². The summed E-state index contributed by atoms with van der Waals surface area (Å²) < 4.78 is 27.8. The van der Waals surface area contributed by atoms with Gasteiger partial charge in [-0.15, -0.1) is 11.3 Å². The van der Waals surface area contributed by atoms with Crippen LogP contribution < -0.4 is 5.43 Å². The number of hydrazone groups is 1. The fourth-order valence-electron chi connectivity index (χ4n) is 3.56. The van der Waals surface area contributed by atoms with Crippen molar-refractivity contribution in [2.75, 3.05) is 18.5 Å². The smallest absolute Gasteiger partial charge is 0.243 e. The monoisotopic (exact) mass is 466 g/mol. The third kappa shape index (κ3) is 5.70. The Labute approximate surface area is 193 Å². The van der Waals surface area contributed by atoms with E-state index in [0.717, 1.165) is 42.5 Å². The van der Waals surface area contributed by atoms with E-state index in [9.17, 15) is 8.42 Å². The highest BCUT2D eigenvalue weighted by atomic mass is 32.2. The molecule has 0 amide bonds. The highest BCUT2D eigenvalue weighted by Crippen LogP contribution is 2.28. The number of sulfonamides is 1. The average Bonchev–Trinajstić information content (AvgIpc) is 3.11. The number of hydrogen-bond acceptors (Lipinski definition) is 6. The van der Waals surface area contributed by atoms with Crippen molar-refractivity contribution in [2.45, 2.75) is 30.6 Å². The van der Waals surface area contributed by atoms with Crippen LogP contribution in [0.5, 0.6) is 0 Å². The first-order valence-corrected chi connectivity index (χ1v) is 13.0. The van der Waals surface area contributed by atoms with Crippen LogP contribution in [-0.4, -0.2) is 37.0 Å². The molecular weight excluding hydrogens is 440 g/mol. The number of nitrogens with zero attached hydrogens (tertiary/aromatic N) is 3. The molecule has 0 spiro atoms.